The van der Waals surface area contributed by atoms with E-state index in [4.69, 9.17) is 0 Å². The number of alkyl halides is 3. The highest BCUT2D eigenvalue weighted by Crippen LogP contribution is 2.51. The summed E-state index contributed by atoms with van der Waals surface area (Å²) in [6, 6.07) is 8.88. The van der Waals surface area contributed by atoms with Crippen LogP contribution in [0.25, 0.3) is 0 Å². The first-order valence-electron chi connectivity index (χ1n) is 10.8. The van der Waals surface area contributed by atoms with Crippen LogP contribution in [-0.4, -0.2) is 40.8 Å². The molecule has 0 fully saturated rings. The van der Waals surface area contributed by atoms with Gasteiger partial charge in [-0.2, -0.15) is 13.2 Å². The largest absolute Gasteiger partial charge is 0.425 e. The predicted octanol–water partition coefficient (Wildman–Crippen LogP) is 4.18. The third-order valence-electron chi connectivity index (χ3n) is 5.90. The fraction of sp³-hybridized carbons (Fsp3) is 0.542. The van der Waals surface area contributed by atoms with Crippen molar-refractivity contribution in [3.05, 3.63) is 47.2 Å². The average Bonchev–Trinajstić information content (AvgIpc) is 2.89. The van der Waals surface area contributed by atoms with Gasteiger partial charge in [0.15, 0.2) is 5.78 Å². The molecule has 0 spiro atoms. The summed E-state index contributed by atoms with van der Waals surface area (Å²) in [6.45, 7) is 7.20. The first kappa shape index (κ1) is 24.0. The second-order valence-corrected chi connectivity index (χ2v) is 9.85. The number of amides is 2. The average molecular weight is 451 g/mol. The summed E-state index contributed by atoms with van der Waals surface area (Å²) in [5.74, 6) is -3.07. The van der Waals surface area contributed by atoms with Crippen LogP contribution in [0.5, 0.6) is 0 Å². The fourth-order valence-electron chi connectivity index (χ4n) is 4.56. The van der Waals surface area contributed by atoms with Crippen molar-refractivity contribution in [1.29, 1.82) is 0 Å². The summed E-state index contributed by atoms with van der Waals surface area (Å²) in [4.78, 5) is 40.1. The van der Waals surface area contributed by atoms with Crippen LogP contribution in [0.1, 0.15) is 52.5 Å². The van der Waals surface area contributed by atoms with Gasteiger partial charge in [0.2, 0.25) is 11.4 Å². The van der Waals surface area contributed by atoms with Gasteiger partial charge in [0.25, 0.3) is 5.91 Å². The fourth-order valence-corrected chi connectivity index (χ4v) is 4.56. The molecule has 1 heterocycles. The van der Waals surface area contributed by atoms with Crippen molar-refractivity contribution in [1.82, 2.24) is 10.2 Å². The summed E-state index contributed by atoms with van der Waals surface area (Å²) < 4.78 is 43.8. The van der Waals surface area contributed by atoms with E-state index in [1.165, 1.54) is 0 Å². The van der Waals surface area contributed by atoms with Gasteiger partial charge in [-0.3, -0.25) is 14.4 Å². The Hall–Kier alpha value is -2.64. The van der Waals surface area contributed by atoms with Gasteiger partial charge in [-0.15, -0.1) is 0 Å². The highest BCUT2D eigenvalue weighted by molar-refractivity contribution is 6.13. The zero-order valence-corrected chi connectivity index (χ0v) is 18.8. The first-order valence-corrected chi connectivity index (χ1v) is 10.8. The lowest BCUT2D eigenvalue weighted by molar-refractivity contribution is -0.194. The number of halogens is 3. The van der Waals surface area contributed by atoms with E-state index in [1.807, 2.05) is 5.32 Å². The van der Waals surface area contributed by atoms with Crippen molar-refractivity contribution in [2.45, 2.75) is 65.1 Å². The molecule has 1 aliphatic heterocycles. The minimum Gasteiger partial charge on any atom is -0.330 e. The Morgan fingerprint density at radius 3 is 2.31 bits per heavy atom. The highest BCUT2D eigenvalue weighted by atomic mass is 19.4. The van der Waals surface area contributed by atoms with Gasteiger partial charge in [0.05, 0.1) is 5.57 Å². The van der Waals surface area contributed by atoms with Crippen molar-refractivity contribution in [2.24, 2.45) is 11.3 Å². The third-order valence-corrected chi connectivity index (χ3v) is 5.90. The monoisotopic (exact) mass is 450 g/mol. The number of carbonyl (C=O) groups excluding carboxylic acids is 3. The van der Waals surface area contributed by atoms with Gasteiger partial charge in [-0.05, 0) is 29.7 Å². The van der Waals surface area contributed by atoms with Crippen LogP contribution < -0.4 is 5.32 Å². The van der Waals surface area contributed by atoms with E-state index >= 15 is 0 Å². The van der Waals surface area contributed by atoms with E-state index in [0.717, 1.165) is 10.5 Å². The molecule has 5 nitrogen and oxygen atoms in total. The van der Waals surface area contributed by atoms with Crippen molar-refractivity contribution >= 4 is 17.6 Å². The van der Waals surface area contributed by atoms with Crippen LogP contribution in [-0.2, 0) is 20.8 Å². The summed E-state index contributed by atoms with van der Waals surface area (Å²) >= 11 is 0. The quantitative estimate of drug-likeness (QED) is 0.707. The van der Waals surface area contributed by atoms with Crippen LogP contribution in [0, 0.1) is 11.3 Å². The van der Waals surface area contributed by atoms with E-state index < -0.39 is 40.3 Å². The maximum absolute atomic E-state index is 14.6. The van der Waals surface area contributed by atoms with Gasteiger partial charge < -0.3 is 10.2 Å². The SMILES string of the molecule is CC(C)CN1C(=O)[C@](NC(=O)CCc2ccccc2)(C(F)(F)F)C2=C1CC(C)(C)CC2=O. The Bertz CT molecular complexity index is 951. The van der Waals surface area contributed by atoms with E-state index in [0.29, 0.717) is 0 Å². The summed E-state index contributed by atoms with van der Waals surface area (Å²) in [6.07, 6.45) is -5.13. The lowest BCUT2D eigenvalue weighted by Crippen LogP contribution is -2.66. The van der Waals surface area contributed by atoms with Gasteiger partial charge in [0, 0.05) is 25.1 Å². The van der Waals surface area contributed by atoms with Crippen molar-refractivity contribution < 1.29 is 27.6 Å². The second kappa shape index (κ2) is 8.37. The van der Waals surface area contributed by atoms with Crippen LogP contribution in [0.3, 0.4) is 0 Å². The molecular weight excluding hydrogens is 421 g/mol. The Balaban J connectivity index is 2.02. The predicted molar refractivity (Wildman–Crippen MR) is 113 cm³/mol. The second-order valence-electron chi connectivity index (χ2n) is 9.85. The molecular formula is C24H29F3N2O3. The van der Waals surface area contributed by atoms with Crippen LogP contribution in [0.15, 0.2) is 41.6 Å². The molecule has 32 heavy (non-hydrogen) atoms. The number of nitrogens with zero attached hydrogens (tertiary/aromatic N) is 1. The molecule has 1 atom stereocenters. The lowest BCUT2D eigenvalue weighted by Gasteiger charge is -2.35. The third kappa shape index (κ3) is 4.32. The molecule has 0 unspecified atom stereocenters. The molecule has 2 amide bonds. The van der Waals surface area contributed by atoms with E-state index in [-0.39, 0.29) is 43.8 Å². The maximum atomic E-state index is 14.6. The van der Waals surface area contributed by atoms with Crippen molar-refractivity contribution in [2.75, 3.05) is 6.54 Å². The molecule has 0 aromatic heterocycles. The summed E-state index contributed by atoms with van der Waals surface area (Å²) in [5.41, 5.74) is -3.64. The van der Waals surface area contributed by atoms with E-state index in [1.54, 1.807) is 58.0 Å². The highest BCUT2D eigenvalue weighted by Gasteiger charge is 2.71. The molecule has 8 heteroatoms. The summed E-state index contributed by atoms with van der Waals surface area (Å²) in [5, 5.41) is 1.98. The normalized spacial score (nSPS) is 23.1. The van der Waals surface area contributed by atoms with Crippen LogP contribution in [0.4, 0.5) is 13.2 Å². The van der Waals surface area contributed by atoms with Gasteiger partial charge in [-0.25, -0.2) is 0 Å². The molecule has 0 radical (unpaired) electrons. The zero-order chi connectivity index (χ0) is 23.9. The van der Waals surface area contributed by atoms with Crippen molar-refractivity contribution in [3.8, 4) is 0 Å². The van der Waals surface area contributed by atoms with Crippen LogP contribution >= 0.6 is 0 Å². The van der Waals surface area contributed by atoms with Gasteiger partial charge in [-0.1, -0.05) is 58.0 Å². The molecule has 1 aromatic carbocycles. The Morgan fingerprint density at radius 1 is 1.12 bits per heavy atom. The number of allylic oxidation sites excluding steroid dienone is 1. The number of hydrogen-bond donors (Lipinski definition) is 1. The molecule has 1 aliphatic carbocycles. The molecule has 2 aliphatic rings. The Morgan fingerprint density at radius 2 is 1.75 bits per heavy atom. The molecule has 1 N–H and O–H groups in total. The number of aryl methyl sites for hydroxylation is 1. The standard InChI is InChI=1S/C24H29F3N2O3/c1-15(2)14-29-17-12-22(3,4)13-18(30)20(17)23(21(29)32,24(25,26)27)28-19(31)11-10-16-8-6-5-7-9-16/h5-9,15H,10-14H2,1-4H3,(H,28,31)/t23-/m0/s1. The number of hydrogen-bond acceptors (Lipinski definition) is 3. The molecule has 1 aromatic rings. The molecule has 0 saturated heterocycles. The summed E-state index contributed by atoms with van der Waals surface area (Å²) in [7, 11) is 0. The number of rotatable bonds is 6. The molecule has 3 rings (SSSR count). The Labute approximate surface area is 186 Å². The van der Waals surface area contributed by atoms with Gasteiger partial charge in [0.1, 0.15) is 0 Å². The van der Waals surface area contributed by atoms with Crippen LogP contribution in [0.2, 0.25) is 0 Å². The molecule has 0 saturated carbocycles. The number of carbonyl (C=O) groups is 3. The minimum atomic E-state index is -5.16. The number of ketones is 1. The Kier molecular flexibility index (Phi) is 6.28. The minimum absolute atomic E-state index is 0.0404. The first-order chi connectivity index (χ1) is 14.8. The number of benzene rings is 1. The van der Waals surface area contributed by atoms with Crippen molar-refractivity contribution in [3.63, 3.8) is 0 Å². The smallest absolute Gasteiger partial charge is 0.330 e. The molecule has 174 valence electrons. The number of Topliss-reactive ketones (excluding diaryl/α,β-unsaturated/α-hetero) is 1. The van der Waals surface area contributed by atoms with E-state index in [9.17, 15) is 27.6 Å². The van der Waals surface area contributed by atoms with E-state index in [2.05, 4.69) is 0 Å². The molecule has 0 bridgehead atoms. The topological polar surface area (TPSA) is 66.5 Å². The zero-order valence-electron chi connectivity index (χ0n) is 18.8. The maximum Gasteiger partial charge on any atom is 0.425 e. The number of nitrogens with one attached hydrogen (secondary N) is 1. The van der Waals surface area contributed by atoms with Gasteiger partial charge >= 0.3 is 6.18 Å². The lowest BCUT2D eigenvalue weighted by atomic mass is 9.72.